The molecule has 2 amide bonds. The van der Waals surface area contributed by atoms with Gasteiger partial charge in [-0.05, 0) is 69.2 Å². The summed E-state index contributed by atoms with van der Waals surface area (Å²) in [4.78, 5) is 47.1. The molecule has 0 atom stereocenters. The number of rotatable bonds is 7. The molecular weight excluding hydrogens is 464 g/mol. The number of carboxylic acid groups (broad SMARTS) is 1. The Morgan fingerprint density at radius 2 is 1.83 bits per heavy atom. The molecular formula is C26H30N4O4S. The Morgan fingerprint density at radius 1 is 1.14 bits per heavy atom. The van der Waals surface area contributed by atoms with Crippen molar-refractivity contribution in [2.75, 3.05) is 10.2 Å². The van der Waals surface area contributed by atoms with Crippen LogP contribution in [-0.2, 0) is 4.79 Å². The standard InChI is InChI=1S/C26H30N4O4S/c1-15(2)30(25(32)18-6-4-16(3)5-7-18)21-12-22(35-23(21)26(33)34)17-8-10-19(11-9-17)29-24(31)20-13-27-14-28-20/h8-16,18H,4-7H2,1-3H3,(H,27,28)(H,29,31)(H,33,34). The molecule has 1 fully saturated rings. The van der Waals surface area contributed by atoms with Gasteiger partial charge in [0.05, 0.1) is 12.0 Å². The van der Waals surface area contributed by atoms with E-state index in [1.54, 1.807) is 23.1 Å². The number of hydrogen-bond donors (Lipinski definition) is 3. The van der Waals surface area contributed by atoms with E-state index < -0.39 is 5.97 Å². The number of aromatic carboxylic acids is 1. The maximum absolute atomic E-state index is 13.5. The number of thiophene rings is 1. The Kier molecular flexibility index (Phi) is 7.35. The number of H-pyrrole nitrogens is 1. The molecule has 0 saturated heterocycles. The second-order valence-corrected chi connectivity index (χ2v) is 10.4. The number of benzene rings is 1. The fourth-order valence-electron chi connectivity index (χ4n) is 4.51. The van der Waals surface area contributed by atoms with E-state index in [4.69, 9.17) is 0 Å². The Bertz CT molecular complexity index is 1190. The SMILES string of the molecule is CC1CCC(C(=O)N(c2cc(-c3ccc(NC(=O)c4c[nH]cn4)cc3)sc2C(=O)O)C(C)C)CC1. The molecule has 0 radical (unpaired) electrons. The van der Waals surface area contributed by atoms with E-state index >= 15 is 0 Å². The molecule has 1 aliphatic carbocycles. The molecule has 1 aliphatic rings. The van der Waals surface area contributed by atoms with Crippen molar-refractivity contribution < 1.29 is 19.5 Å². The van der Waals surface area contributed by atoms with E-state index in [1.165, 1.54) is 12.5 Å². The molecule has 2 aromatic heterocycles. The summed E-state index contributed by atoms with van der Waals surface area (Å²) in [6, 6.07) is 8.80. The third-order valence-corrected chi connectivity index (χ3v) is 7.60. The van der Waals surface area contributed by atoms with Gasteiger partial charge < -0.3 is 20.3 Å². The molecule has 0 unspecified atom stereocenters. The summed E-state index contributed by atoms with van der Waals surface area (Å²) in [6.07, 6.45) is 6.67. The quantitative estimate of drug-likeness (QED) is 0.392. The van der Waals surface area contributed by atoms with Gasteiger partial charge in [0.2, 0.25) is 5.91 Å². The lowest BCUT2D eigenvalue weighted by Crippen LogP contribution is -2.42. The number of imidazole rings is 1. The lowest BCUT2D eigenvalue weighted by Gasteiger charge is -2.33. The lowest BCUT2D eigenvalue weighted by molar-refractivity contribution is -0.123. The van der Waals surface area contributed by atoms with Crippen LogP contribution in [0, 0.1) is 11.8 Å². The van der Waals surface area contributed by atoms with Crippen LogP contribution < -0.4 is 10.2 Å². The summed E-state index contributed by atoms with van der Waals surface area (Å²) in [6.45, 7) is 6.05. The first kappa shape index (κ1) is 24.7. The van der Waals surface area contributed by atoms with Crippen LogP contribution in [0.2, 0.25) is 0 Å². The number of aromatic nitrogens is 2. The molecule has 0 bridgehead atoms. The molecule has 184 valence electrons. The predicted molar refractivity (Wildman–Crippen MR) is 137 cm³/mol. The fourth-order valence-corrected chi connectivity index (χ4v) is 5.50. The summed E-state index contributed by atoms with van der Waals surface area (Å²) in [5, 5.41) is 12.7. The smallest absolute Gasteiger partial charge is 0.348 e. The summed E-state index contributed by atoms with van der Waals surface area (Å²) in [5.41, 5.74) is 2.15. The van der Waals surface area contributed by atoms with Crippen molar-refractivity contribution in [2.45, 2.75) is 52.5 Å². The minimum Gasteiger partial charge on any atom is -0.477 e. The zero-order valence-corrected chi connectivity index (χ0v) is 20.9. The Balaban J connectivity index is 1.59. The van der Waals surface area contributed by atoms with Gasteiger partial charge in [0.25, 0.3) is 5.91 Å². The summed E-state index contributed by atoms with van der Waals surface area (Å²) in [5.74, 6) is -0.810. The highest BCUT2D eigenvalue weighted by Gasteiger charge is 2.33. The van der Waals surface area contributed by atoms with Crippen molar-refractivity contribution in [3.05, 3.63) is 53.4 Å². The highest BCUT2D eigenvalue weighted by molar-refractivity contribution is 7.18. The maximum Gasteiger partial charge on any atom is 0.348 e. The van der Waals surface area contributed by atoms with Gasteiger partial charge in [-0.25, -0.2) is 9.78 Å². The molecule has 1 aromatic carbocycles. The summed E-state index contributed by atoms with van der Waals surface area (Å²) < 4.78 is 0. The minimum atomic E-state index is -1.05. The number of aromatic amines is 1. The van der Waals surface area contributed by atoms with Crippen LogP contribution in [-0.4, -0.2) is 38.9 Å². The number of amides is 2. The molecule has 0 spiro atoms. The summed E-state index contributed by atoms with van der Waals surface area (Å²) >= 11 is 1.15. The first-order chi connectivity index (χ1) is 16.7. The topological polar surface area (TPSA) is 115 Å². The van der Waals surface area contributed by atoms with Crippen LogP contribution in [0.4, 0.5) is 11.4 Å². The third kappa shape index (κ3) is 5.45. The fraction of sp³-hybridized carbons (Fsp3) is 0.385. The molecule has 9 heteroatoms. The molecule has 4 rings (SSSR count). The van der Waals surface area contributed by atoms with E-state index in [0.717, 1.165) is 47.5 Å². The second-order valence-electron chi connectivity index (χ2n) is 9.37. The van der Waals surface area contributed by atoms with Crippen LogP contribution in [0.15, 0.2) is 42.9 Å². The summed E-state index contributed by atoms with van der Waals surface area (Å²) in [7, 11) is 0. The first-order valence-electron chi connectivity index (χ1n) is 11.8. The number of hydrogen-bond acceptors (Lipinski definition) is 5. The maximum atomic E-state index is 13.5. The van der Waals surface area contributed by atoms with Gasteiger partial charge in [-0.3, -0.25) is 9.59 Å². The first-order valence-corrected chi connectivity index (χ1v) is 12.7. The van der Waals surface area contributed by atoms with Gasteiger partial charge >= 0.3 is 5.97 Å². The Morgan fingerprint density at radius 3 is 2.40 bits per heavy atom. The van der Waals surface area contributed by atoms with Crippen molar-refractivity contribution in [3.8, 4) is 10.4 Å². The molecule has 0 aliphatic heterocycles. The average molecular weight is 495 g/mol. The van der Waals surface area contributed by atoms with Crippen LogP contribution >= 0.6 is 11.3 Å². The van der Waals surface area contributed by atoms with Crippen molar-refractivity contribution in [1.29, 1.82) is 0 Å². The number of anilines is 2. The number of nitrogens with zero attached hydrogens (tertiary/aromatic N) is 2. The average Bonchev–Trinajstić information content (AvgIpc) is 3.51. The highest BCUT2D eigenvalue weighted by atomic mass is 32.1. The largest absolute Gasteiger partial charge is 0.477 e. The Labute approximate surface area is 208 Å². The monoisotopic (exact) mass is 494 g/mol. The minimum absolute atomic E-state index is 0.00942. The van der Waals surface area contributed by atoms with Gasteiger partial charge in [0, 0.05) is 28.7 Å². The zero-order chi connectivity index (χ0) is 25.1. The number of nitrogens with one attached hydrogen (secondary N) is 2. The highest BCUT2D eigenvalue weighted by Crippen LogP contribution is 2.40. The van der Waals surface area contributed by atoms with E-state index in [2.05, 4.69) is 22.2 Å². The number of carbonyl (C=O) groups excluding carboxylic acids is 2. The van der Waals surface area contributed by atoms with Crippen LogP contribution in [0.5, 0.6) is 0 Å². The number of carboxylic acids is 1. The van der Waals surface area contributed by atoms with Crippen LogP contribution in [0.3, 0.4) is 0 Å². The molecule has 35 heavy (non-hydrogen) atoms. The molecule has 2 heterocycles. The van der Waals surface area contributed by atoms with Crippen molar-refractivity contribution in [1.82, 2.24) is 9.97 Å². The molecule has 3 aromatic rings. The van der Waals surface area contributed by atoms with Crippen molar-refractivity contribution in [3.63, 3.8) is 0 Å². The number of carbonyl (C=O) groups is 3. The Hall–Kier alpha value is -3.46. The van der Waals surface area contributed by atoms with E-state index in [1.807, 2.05) is 26.0 Å². The molecule has 1 saturated carbocycles. The second kappa shape index (κ2) is 10.4. The third-order valence-electron chi connectivity index (χ3n) is 6.44. The van der Waals surface area contributed by atoms with E-state index in [0.29, 0.717) is 17.3 Å². The van der Waals surface area contributed by atoms with Crippen molar-refractivity contribution in [2.24, 2.45) is 11.8 Å². The molecule has 8 nitrogen and oxygen atoms in total. The van der Waals surface area contributed by atoms with Gasteiger partial charge in [-0.15, -0.1) is 11.3 Å². The van der Waals surface area contributed by atoms with Gasteiger partial charge in [-0.2, -0.15) is 0 Å². The predicted octanol–water partition coefficient (Wildman–Crippen LogP) is 5.66. The molecule has 3 N–H and O–H groups in total. The van der Waals surface area contributed by atoms with E-state index in [9.17, 15) is 19.5 Å². The normalized spacial score (nSPS) is 17.8. The van der Waals surface area contributed by atoms with Gasteiger partial charge in [0.1, 0.15) is 10.6 Å². The van der Waals surface area contributed by atoms with E-state index in [-0.39, 0.29) is 34.3 Å². The van der Waals surface area contributed by atoms with Crippen molar-refractivity contribution >= 4 is 40.5 Å². The van der Waals surface area contributed by atoms with Gasteiger partial charge in [0.15, 0.2) is 0 Å². The lowest BCUT2D eigenvalue weighted by atomic mass is 9.82. The zero-order valence-electron chi connectivity index (χ0n) is 20.1. The van der Waals surface area contributed by atoms with Gasteiger partial charge in [-0.1, -0.05) is 19.1 Å². The van der Waals surface area contributed by atoms with Crippen LogP contribution in [0.1, 0.15) is 66.6 Å². The van der Waals surface area contributed by atoms with Crippen LogP contribution in [0.25, 0.3) is 10.4 Å².